The molecule has 0 unspecified atom stereocenters. The number of amides is 1. The number of morpholine rings is 1. The maximum atomic E-state index is 12.5. The molecular formula is C20H26ClN3O4. The van der Waals surface area contributed by atoms with Crippen LogP contribution < -0.4 is 4.74 Å². The van der Waals surface area contributed by atoms with E-state index >= 15 is 0 Å². The Morgan fingerprint density at radius 3 is 2.93 bits per heavy atom. The SMILES string of the molecule is CC[C@]1(COc2nc(Cl)cc3ncccc23)CN(C(=O)OC(C)(C)C)CCO1. The van der Waals surface area contributed by atoms with E-state index in [9.17, 15) is 4.79 Å². The first-order chi connectivity index (χ1) is 13.2. The van der Waals surface area contributed by atoms with Crippen LogP contribution in [0.15, 0.2) is 24.4 Å². The van der Waals surface area contributed by atoms with Gasteiger partial charge in [0.25, 0.3) is 0 Å². The number of pyridine rings is 2. The Morgan fingerprint density at radius 1 is 1.43 bits per heavy atom. The Morgan fingerprint density at radius 2 is 2.21 bits per heavy atom. The van der Waals surface area contributed by atoms with Gasteiger partial charge in [-0.2, -0.15) is 0 Å². The summed E-state index contributed by atoms with van der Waals surface area (Å²) in [4.78, 5) is 22.7. The van der Waals surface area contributed by atoms with Gasteiger partial charge in [-0.3, -0.25) is 4.98 Å². The molecule has 1 aliphatic rings. The van der Waals surface area contributed by atoms with Crippen molar-refractivity contribution in [1.29, 1.82) is 0 Å². The lowest BCUT2D eigenvalue weighted by atomic mass is 9.99. The maximum Gasteiger partial charge on any atom is 0.410 e. The number of ether oxygens (including phenoxy) is 3. The average Bonchev–Trinajstić information content (AvgIpc) is 2.65. The highest BCUT2D eigenvalue weighted by atomic mass is 35.5. The van der Waals surface area contributed by atoms with Crippen LogP contribution in [0, 0.1) is 0 Å². The van der Waals surface area contributed by atoms with Gasteiger partial charge < -0.3 is 19.1 Å². The molecule has 1 atom stereocenters. The number of rotatable bonds is 4. The van der Waals surface area contributed by atoms with Crippen molar-refractivity contribution in [3.05, 3.63) is 29.5 Å². The first-order valence-electron chi connectivity index (χ1n) is 9.37. The lowest BCUT2D eigenvalue weighted by Crippen LogP contribution is -2.57. The lowest BCUT2D eigenvalue weighted by Gasteiger charge is -2.42. The third-order valence-electron chi connectivity index (χ3n) is 4.55. The summed E-state index contributed by atoms with van der Waals surface area (Å²) in [7, 11) is 0. The molecule has 0 N–H and O–H groups in total. The van der Waals surface area contributed by atoms with Crippen LogP contribution in [0.25, 0.3) is 10.9 Å². The normalized spacial score (nSPS) is 20.2. The molecule has 0 bridgehead atoms. The van der Waals surface area contributed by atoms with Gasteiger partial charge in [0.15, 0.2) is 0 Å². The second kappa shape index (κ2) is 8.09. The molecule has 0 radical (unpaired) electrons. The fraction of sp³-hybridized carbons (Fsp3) is 0.550. The number of halogens is 1. The molecule has 1 amide bonds. The van der Waals surface area contributed by atoms with Gasteiger partial charge >= 0.3 is 6.09 Å². The minimum absolute atomic E-state index is 0.236. The molecule has 152 valence electrons. The van der Waals surface area contributed by atoms with Crippen LogP contribution in [0.3, 0.4) is 0 Å². The van der Waals surface area contributed by atoms with E-state index in [1.165, 1.54) is 0 Å². The smallest absolute Gasteiger partial charge is 0.410 e. The highest BCUT2D eigenvalue weighted by Crippen LogP contribution is 2.29. The molecule has 0 spiro atoms. The van der Waals surface area contributed by atoms with Crippen molar-refractivity contribution >= 4 is 28.6 Å². The van der Waals surface area contributed by atoms with Crippen LogP contribution in [0.1, 0.15) is 34.1 Å². The first kappa shape index (κ1) is 20.6. The van der Waals surface area contributed by atoms with Gasteiger partial charge in [0, 0.05) is 18.8 Å². The third-order valence-corrected chi connectivity index (χ3v) is 4.74. The molecule has 0 aromatic carbocycles. The number of aromatic nitrogens is 2. The molecule has 0 saturated carbocycles. The van der Waals surface area contributed by atoms with Gasteiger partial charge in [-0.1, -0.05) is 18.5 Å². The summed E-state index contributed by atoms with van der Waals surface area (Å²) in [5.41, 5.74) is -0.478. The molecule has 28 heavy (non-hydrogen) atoms. The van der Waals surface area contributed by atoms with Crippen LogP contribution in [0.2, 0.25) is 5.15 Å². The monoisotopic (exact) mass is 407 g/mol. The number of hydrogen-bond acceptors (Lipinski definition) is 6. The summed E-state index contributed by atoms with van der Waals surface area (Å²) in [5.74, 6) is 0.404. The molecule has 8 heteroatoms. The van der Waals surface area contributed by atoms with E-state index in [4.69, 9.17) is 25.8 Å². The predicted molar refractivity (Wildman–Crippen MR) is 107 cm³/mol. The fourth-order valence-electron chi connectivity index (χ4n) is 3.06. The van der Waals surface area contributed by atoms with E-state index in [2.05, 4.69) is 9.97 Å². The number of carbonyl (C=O) groups excluding carboxylic acids is 1. The van der Waals surface area contributed by atoms with Crippen molar-refractivity contribution in [3.8, 4) is 5.88 Å². The van der Waals surface area contributed by atoms with Crippen LogP contribution >= 0.6 is 11.6 Å². The van der Waals surface area contributed by atoms with E-state index in [0.717, 1.165) is 5.39 Å². The fourth-order valence-corrected chi connectivity index (χ4v) is 3.24. The Labute approximate surface area is 169 Å². The van der Waals surface area contributed by atoms with Crippen LogP contribution in [0.5, 0.6) is 5.88 Å². The van der Waals surface area contributed by atoms with Crippen molar-refractivity contribution in [3.63, 3.8) is 0 Å². The summed E-state index contributed by atoms with van der Waals surface area (Å²) >= 11 is 6.11. The van der Waals surface area contributed by atoms with Gasteiger partial charge in [0.05, 0.1) is 24.1 Å². The minimum Gasteiger partial charge on any atom is -0.474 e. The van der Waals surface area contributed by atoms with Crippen molar-refractivity contribution in [1.82, 2.24) is 14.9 Å². The standard InChI is InChI=1S/C20H26ClN3O4/c1-5-20(12-24(9-10-27-20)18(25)28-19(2,3)4)13-26-17-14-7-6-8-22-15(14)11-16(21)23-17/h6-8,11H,5,9-10,12-13H2,1-4H3/t20-/m1/s1. The Bertz CT molecular complexity index is 855. The summed E-state index contributed by atoms with van der Waals surface area (Å²) in [6.45, 7) is 9.09. The number of carbonyl (C=O) groups is 1. The highest BCUT2D eigenvalue weighted by Gasteiger charge is 2.39. The average molecular weight is 408 g/mol. The second-order valence-corrected chi connectivity index (χ2v) is 8.28. The van der Waals surface area contributed by atoms with E-state index in [-0.39, 0.29) is 12.7 Å². The van der Waals surface area contributed by atoms with Crippen LogP contribution in [0.4, 0.5) is 4.79 Å². The van der Waals surface area contributed by atoms with E-state index in [0.29, 0.717) is 42.7 Å². The van der Waals surface area contributed by atoms with Crippen LogP contribution in [-0.2, 0) is 9.47 Å². The predicted octanol–water partition coefficient (Wildman–Crippen LogP) is 4.08. The summed E-state index contributed by atoms with van der Waals surface area (Å²) in [6.07, 6.45) is 2.02. The zero-order chi connectivity index (χ0) is 20.4. The number of hydrogen-bond donors (Lipinski definition) is 0. The van der Waals surface area contributed by atoms with Crippen molar-refractivity contribution in [2.45, 2.75) is 45.3 Å². The van der Waals surface area contributed by atoms with Gasteiger partial charge in [-0.25, -0.2) is 9.78 Å². The van der Waals surface area contributed by atoms with Crippen molar-refractivity contribution < 1.29 is 19.0 Å². The maximum absolute atomic E-state index is 12.5. The summed E-state index contributed by atoms with van der Waals surface area (Å²) in [5, 5.41) is 1.09. The quantitative estimate of drug-likeness (QED) is 0.711. The minimum atomic E-state index is -0.645. The highest BCUT2D eigenvalue weighted by molar-refractivity contribution is 6.30. The zero-order valence-electron chi connectivity index (χ0n) is 16.7. The molecule has 1 aliphatic heterocycles. The number of nitrogens with zero attached hydrogens (tertiary/aromatic N) is 3. The Balaban J connectivity index is 1.76. The van der Waals surface area contributed by atoms with E-state index < -0.39 is 11.2 Å². The largest absolute Gasteiger partial charge is 0.474 e. The second-order valence-electron chi connectivity index (χ2n) is 7.90. The molecule has 1 fully saturated rings. The summed E-state index contributed by atoms with van der Waals surface area (Å²) in [6, 6.07) is 5.40. The summed E-state index contributed by atoms with van der Waals surface area (Å²) < 4.78 is 17.6. The Kier molecular flexibility index (Phi) is 5.95. The van der Waals surface area contributed by atoms with Gasteiger partial charge in [-0.15, -0.1) is 0 Å². The van der Waals surface area contributed by atoms with Gasteiger partial charge in [0.1, 0.15) is 23.0 Å². The molecule has 2 aromatic heterocycles. The molecule has 0 aliphatic carbocycles. The third kappa shape index (κ3) is 4.83. The van der Waals surface area contributed by atoms with Crippen molar-refractivity contribution in [2.75, 3.05) is 26.3 Å². The zero-order valence-corrected chi connectivity index (χ0v) is 17.5. The Hall–Kier alpha value is -2.12. The van der Waals surface area contributed by atoms with E-state index in [1.54, 1.807) is 17.2 Å². The van der Waals surface area contributed by atoms with E-state index in [1.807, 2.05) is 39.8 Å². The molecular weight excluding hydrogens is 382 g/mol. The topological polar surface area (TPSA) is 73.8 Å². The molecule has 2 aromatic rings. The van der Waals surface area contributed by atoms with Gasteiger partial charge in [0.2, 0.25) is 5.88 Å². The van der Waals surface area contributed by atoms with Crippen molar-refractivity contribution in [2.24, 2.45) is 0 Å². The van der Waals surface area contributed by atoms with Gasteiger partial charge in [-0.05, 0) is 39.3 Å². The molecule has 7 nitrogen and oxygen atoms in total. The lowest BCUT2D eigenvalue weighted by molar-refractivity contribution is -0.128. The first-order valence-corrected chi connectivity index (χ1v) is 9.75. The molecule has 3 rings (SSSR count). The number of fused-ring (bicyclic) bond motifs is 1. The molecule has 3 heterocycles. The molecule has 1 saturated heterocycles. The van der Waals surface area contributed by atoms with Crippen LogP contribution in [-0.4, -0.2) is 58.5 Å².